The SMILES string of the molecule is Cc1ccc2[nH]c(=O)n(Cc3ccccc3)c(=O)c2c1. The summed E-state index contributed by atoms with van der Waals surface area (Å²) in [7, 11) is 0. The molecule has 0 saturated heterocycles. The number of aryl methyl sites for hydroxylation is 1. The molecule has 4 nitrogen and oxygen atoms in total. The van der Waals surface area contributed by atoms with Crippen LogP contribution in [0.5, 0.6) is 0 Å². The molecule has 0 aliphatic rings. The molecular formula is C16H14N2O2. The molecule has 2 aromatic carbocycles. The smallest absolute Gasteiger partial charge is 0.307 e. The molecule has 1 heterocycles. The number of nitrogens with one attached hydrogen (secondary N) is 1. The normalized spacial score (nSPS) is 10.8. The molecule has 20 heavy (non-hydrogen) atoms. The minimum Gasteiger partial charge on any atom is -0.307 e. The molecule has 3 aromatic rings. The monoisotopic (exact) mass is 266 g/mol. The van der Waals surface area contributed by atoms with Gasteiger partial charge in [-0.1, -0.05) is 42.0 Å². The van der Waals surface area contributed by atoms with Crippen LogP contribution >= 0.6 is 0 Å². The third-order valence-electron chi connectivity index (χ3n) is 3.32. The van der Waals surface area contributed by atoms with E-state index < -0.39 is 0 Å². The number of H-pyrrole nitrogens is 1. The van der Waals surface area contributed by atoms with E-state index in [1.54, 1.807) is 12.1 Å². The van der Waals surface area contributed by atoms with Crippen molar-refractivity contribution in [3.05, 3.63) is 80.5 Å². The molecule has 0 radical (unpaired) electrons. The maximum atomic E-state index is 12.4. The van der Waals surface area contributed by atoms with Crippen molar-refractivity contribution in [3.8, 4) is 0 Å². The lowest BCUT2D eigenvalue weighted by atomic mass is 10.1. The Kier molecular flexibility index (Phi) is 2.99. The summed E-state index contributed by atoms with van der Waals surface area (Å²) < 4.78 is 1.23. The lowest BCUT2D eigenvalue weighted by Gasteiger charge is -2.07. The Morgan fingerprint density at radius 3 is 2.55 bits per heavy atom. The van der Waals surface area contributed by atoms with E-state index in [2.05, 4.69) is 4.98 Å². The van der Waals surface area contributed by atoms with Gasteiger partial charge in [-0.05, 0) is 24.6 Å². The minimum atomic E-state index is -0.379. The van der Waals surface area contributed by atoms with Gasteiger partial charge in [0.15, 0.2) is 0 Å². The lowest BCUT2D eigenvalue weighted by molar-refractivity contribution is 0.711. The number of rotatable bonds is 2. The largest absolute Gasteiger partial charge is 0.329 e. The van der Waals surface area contributed by atoms with Crippen LogP contribution in [-0.2, 0) is 6.54 Å². The van der Waals surface area contributed by atoms with Crippen molar-refractivity contribution in [1.82, 2.24) is 9.55 Å². The van der Waals surface area contributed by atoms with Crippen LogP contribution in [0.25, 0.3) is 10.9 Å². The second kappa shape index (κ2) is 4.81. The second-order valence-corrected chi connectivity index (χ2v) is 4.86. The Labute approximate surface area is 115 Å². The minimum absolute atomic E-state index is 0.253. The summed E-state index contributed by atoms with van der Waals surface area (Å²) >= 11 is 0. The highest BCUT2D eigenvalue weighted by Crippen LogP contribution is 2.08. The van der Waals surface area contributed by atoms with E-state index in [1.165, 1.54) is 4.57 Å². The van der Waals surface area contributed by atoms with Crippen LogP contribution in [0.15, 0.2) is 58.1 Å². The van der Waals surface area contributed by atoms with E-state index in [0.29, 0.717) is 10.9 Å². The van der Waals surface area contributed by atoms with Gasteiger partial charge in [0.05, 0.1) is 17.4 Å². The third kappa shape index (κ3) is 2.16. The molecule has 0 unspecified atom stereocenters. The zero-order valence-corrected chi connectivity index (χ0v) is 11.1. The van der Waals surface area contributed by atoms with Crippen molar-refractivity contribution in [2.75, 3.05) is 0 Å². The van der Waals surface area contributed by atoms with Gasteiger partial charge in [-0.2, -0.15) is 0 Å². The number of hydrogen-bond donors (Lipinski definition) is 1. The number of aromatic nitrogens is 2. The summed E-state index contributed by atoms with van der Waals surface area (Å²) in [6.45, 7) is 2.20. The number of aromatic amines is 1. The molecule has 0 spiro atoms. The fourth-order valence-electron chi connectivity index (χ4n) is 2.27. The quantitative estimate of drug-likeness (QED) is 0.771. The first-order valence-corrected chi connectivity index (χ1v) is 6.42. The van der Waals surface area contributed by atoms with Gasteiger partial charge in [-0.25, -0.2) is 4.79 Å². The Balaban J connectivity index is 2.21. The zero-order valence-electron chi connectivity index (χ0n) is 11.1. The predicted molar refractivity (Wildman–Crippen MR) is 79.1 cm³/mol. The zero-order chi connectivity index (χ0) is 14.1. The highest BCUT2D eigenvalue weighted by Gasteiger charge is 2.08. The van der Waals surface area contributed by atoms with Gasteiger partial charge < -0.3 is 4.98 Å². The van der Waals surface area contributed by atoms with E-state index in [-0.39, 0.29) is 17.8 Å². The molecule has 0 amide bonds. The average Bonchev–Trinajstić information content (AvgIpc) is 2.46. The number of nitrogens with zero attached hydrogens (tertiary/aromatic N) is 1. The summed E-state index contributed by atoms with van der Waals surface area (Å²) in [6, 6.07) is 14.9. The Morgan fingerprint density at radius 1 is 1.05 bits per heavy atom. The van der Waals surface area contributed by atoms with E-state index in [1.807, 2.05) is 43.3 Å². The molecule has 0 aliphatic carbocycles. The molecule has 0 saturated carbocycles. The van der Waals surface area contributed by atoms with Crippen LogP contribution in [0.4, 0.5) is 0 Å². The summed E-state index contributed by atoms with van der Waals surface area (Å²) in [5.74, 6) is 0. The molecule has 1 aromatic heterocycles. The first-order valence-electron chi connectivity index (χ1n) is 6.42. The van der Waals surface area contributed by atoms with Crippen molar-refractivity contribution < 1.29 is 0 Å². The van der Waals surface area contributed by atoms with E-state index >= 15 is 0 Å². The maximum Gasteiger partial charge on any atom is 0.329 e. The van der Waals surface area contributed by atoms with Crippen LogP contribution in [0, 0.1) is 6.92 Å². The van der Waals surface area contributed by atoms with Gasteiger partial charge >= 0.3 is 5.69 Å². The van der Waals surface area contributed by atoms with Gasteiger partial charge in [0.1, 0.15) is 0 Å². The average molecular weight is 266 g/mol. The van der Waals surface area contributed by atoms with Crippen molar-refractivity contribution in [3.63, 3.8) is 0 Å². The molecule has 0 atom stereocenters. The highest BCUT2D eigenvalue weighted by atomic mass is 16.2. The summed E-state index contributed by atoms with van der Waals surface area (Å²) in [5.41, 5.74) is 1.86. The number of hydrogen-bond acceptors (Lipinski definition) is 2. The first-order chi connectivity index (χ1) is 9.65. The standard InChI is InChI=1S/C16H14N2O2/c1-11-7-8-14-13(9-11)15(19)18(16(20)17-14)10-12-5-3-2-4-6-12/h2-9H,10H2,1H3,(H,17,20). The van der Waals surface area contributed by atoms with Gasteiger partial charge in [-0.15, -0.1) is 0 Å². The summed E-state index contributed by atoms with van der Waals surface area (Å²) in [4.78, 5) is 27.3. The predicted octanol–water partition coefficient (Wildman–Crippen LogP) is 2.05. The first kappa shape index (κ1) is 12.4. The van der Waals surface area contributed by atoms with Crippen molar-refractivity contribution in [2.45, 2.75) is 13.5 Å². The van der Waals surface area contributed by atoms with Crippen molar-refractivity contribution >= 4 is 10.9 Å². The molecule has 3 rings (SSSR count). The lowest BCUT2D eigenvalue weighted by Crippen LogP contribution is -2.35. The fraction of sp³-hybridized carbons (Fsp3) is 0.125. The highest BCUT2D eigenvalue weighted by molar-refractivity contribution is 5.77. The Morgan fingerprint density at radius 2 is 1.80 bits per heavy atom. The van der Waals surface area contributed by atoms with E-state index in [0.717, 1.165) is 11.1 Å². The van der Waals surface area contributed by atoms with Crippen LogP contribution in [0.2, 0.25) is 0 Å². The van der Waals surface area contributed by atoms with Crippen molar-refractivity contribution in [2.24, 2.45) is 0 Å². The van der Waals surface area contributed by atoms with E-state index in [4.69, 9.17) is 0 Å². The fourth-order valence-corrected chi connectivity index (χ4v) is 2.27. The summed E-state index contributed by atoms with van der Waals surface area (Å²) in [6.07, 6.45) is 0. The van der Waals surface area contributed by atoms with Crippen LogP contribution in [0.1, 0.15) is 11.1 Å². The Hall–Kier alpha value is -2.62. The summed E-state index contributed by atoms with van der Waals surface area (Å²) in [5, 5.41) is 0.542. The second-order valence-electron chi connectivity index (χ2n) is 4.86. The van der Waals surface area contributed by atoms with Crippen LogP contribution < -0.4 is 11.2 Å². The van der Waals surface area contributed by atoms with Crippen LogP contribution in [0.3, 0.4) is 0 Å². The number of benzene rings is 2. The van der Waals surface area contributed by atoms with Crippen molar-refractivity contribution in [1.29, 1.82) is 0 Å². The maximum absolute atomic E-state index is 12.4. The van der Waals surface area contributed by atoms with Crippen LogP contribution in [-0.4, -0.2) is 9.55 Å². The van der Waals surface area contributed by atoms with E-state index in [9.17, 15) is 9.59 Å². The molecular weight excluding hydrogens is 252 g/mol. The van der Waals surface area contributed by atoms with Gasteiger partial charge in [0, 0.05) is 0 Å². The topological polar surface area (TPSA) is 54.9 Å². The number of fused-ring (bicyclic) bond motifs is 1. The van der Waals surface area contributed by atoms with Gasteiger partial charge in [0.2, 0.25) is 0 Å². The molecule has 4 heteroatoms. The van der Waals surface area contributed by atoms with Gasteiger partial charge in [-0.3, -0.25) is 9.36 Å². The molecule has 0 fully saturated rings. The molecule has 0 aliphatic heterocycles. The Bertz CT molecular complexity index is 876. The van der Waals surface area contributed by atoms with Gasteiger partial charge in [0.25, 0.3) is 5.56 Å². The third-order valence-corrected chi connectivity index (χ3v) is 3.32. The molecule has 1 N–H and O–H groups in total. The molecule has 100 valence electrons. The molecule has 0 bridgehead atoms.